The quantitative estimate of drug-likeness (QED) is 0.779. The number of nitrogens with two attached hydrogens (primary N) is 1. The van der Waals surface area contributed by atoms with Crippen LogP contribution in [0.3, 0.4) is 0 Å². The molecule has 0 spiro atoms. The lowest BCUT2D eigenvalue weighted by Gasteiger charge is -2.11. The van der Waals surface area contributed by atoms with Crippen molar-refractivity contribution in [2.24, 2.45) is 5.73 Å². The number of halogens is 1. The highest BCUT2D eigenvalue weighted by Gasteiger charge is 2.14. The van der Waals surface area contributed by atoms with Crippen molar-refractivity contribution in [3.63, 3.8) is 0 Å². The van der Waals surface area contributed by atoms with Gasteiger partial charge in [0, 0.05) is 17.1 Å². The molecule has 0 saturated carbocycles. The van der Waals surface area contributed by atoms with E-state index < -0.39 is 0 Å². The van der Waals surface area contributed by atoms with Crippen molar-refractivity contribution >= 4 is 11.6 Å². The van der Waals surface area contributed by atoms with Crippen LogP contribution in [0.25, 0.3) is 16.9 Å². The third-order valence-corrected chi connectivity index (χ3v) is 3.66. The van der Waals surface area contributed by atoms with E-state index in [0.29, 0.717) is 16.1 Å². The first kappa shape index (κ1) is 13.7. The molecular weight excluding hydrogens is 286 g/mol. The summed E-state index contributed by atoms with van der Waals surface area (Å²) < 4.78 is 1.76. The minimum atomic E-state index is 0.137. The lowest BCUT2D eigenvalue weighted by Crippen LogP contribution is -2.00. The molecule has 2 aromatic carbocycles. The van der Waals surface area contributed by atoms with Gasteiger partial charge in [-0.3, -0.25) is 0 Å². The van der Waals surface area contributed by atoms with Gasteiger partial charge in [0.05, 0.1) is 17.6 Å². The standard InChI is InChI=1S/C16H14ClN3O/c17-14-9-13(16(21)8-11(14)10-18)15-6-7-19-20(15)12-4-2-1-3-5-12/h1-9,21H,10,18H2. The Morgan fingerprint density at radius 1 is 1.14 bits per heavy atom. The Hall–Kier alpha value is -2.30. The molecule has 106 valence electrons. The average Bonchev–Trinajstić information content (AvgIpc) is 2.99. The van der Waals surface area contributed by atoms with Crippen molar-refractivity contribution in [2.75, 3.05) is 0 Å². The van der Waals surface area contributed by atoms with Crippen LogP contribution in [0.5, 0.6) is 5.75 Å². The normalized spacial score (nSPS) is 10.8. The minimum absolute atomic E-state index is 0.137. The molecule has 0 aliphatic carbocycles. The Kier molecular flexibility index (Phi) is 3.64. The number of phenols is 1. The van der Waals surface area contributed by atoms with E-state index in [-0.39, 0.29) is 12.3 Å². The monoisotopic (exact) mass is 299 g/mol. The molecule has 0 atom stereocenters. The molecule has 3 N–H and O–H groups in total. The summed E-state index contributed by atoms with van der Waals surface area (Å²) in [4.78, 5) is 0. The molecule has 0 unspecified atom stereocenters. The molecule has 1 heterocycles. The van der Waals surface area contributed by atoms with Crippen molar-refractivity contribution in [3.05, 3.63) is 65.3 Å². The summed E-state index contributed by atoms with van der Waals surface area (Å²) in [5, 5.41) is 15.1. The van der Waals surface area contributed by atoms with Crippen molar-refractivity contribution < 1.29 is 5.11 Å². The summed E-state index contributed by atoms with van der Waals surface area (Å²) in [6, 6.07) is 14.9. The minimum Gasteiger partial charge on any atom is -0.507 e. The Labute approximate surface area is 127 Å². The number of benzene rings is 2. The summed E-state index contributed by atoms with van der Waals surface area (Å²) in [5.74, 6) is 0.137. The van der Waals surface area contributed by atoms with Crippen LogP contribution in [0.4, 0.5) is 0 Å². The number of rotatable bonds is 3. The first-order chi connectivity index (χ1) is 10.2. The first-order valence-corrected chi connectivity index (χ1v) is 6.90. The van der Waals surface area contributed by atoms with E-state index in [1.165, 1.54) is 0 Å². The topological polar surface area (TPSA) is 64.1 Å². The highest BCUT2D eigenvalue weighted by molar-refractivity contribution is 6.31. The van der Waals surface area contributed by atoms with E-state index in [0.717, 1.165) is 11.4 Å². The van der Waals surface area contributed by atoms with E-state index >= 15 is 0 Å². The zero-order valence-electron chi connectivity index (χ0n) is 11.2. The summed E-state index contributed by atoms with van der Waals surface area (Å²) in [5.41, 5.74) is 8.61. The smallest absolute Gasteiger partial charge is 0.125 e. The number of hydrogen-bond acceptors (Lipinski definition) is 3. The SMILES string of the molecule is NCc1cc(O)c(-c2ccnn2-c2ccccc2)cc1Cl. The number of aromatic nitrogens is 2. The van der Waals surface area contributed by atoms with E-state index in [2.05, 4.69) is 5.10 Å². The first-order valence-electron chi connectivity index (χ1n) is 6.52. The molecule has 0 amide bonds. The van der Waals surface area contributed by atoms with Crippen molar-refractivity contribution in [3.8, 4) is 22.7 Å². The molecule has 0 fully saturated rings. The molecule has 21 heavy (non-hydrogen) atoms. The van der Waals surface area contributed by atoms with Crippen LogP contribution >= 0.6 is 11.6 Å². The summed E-state index contributed by atoms with van der Waals surface area (Å²) in [6.07, 6.45) is 1.69. The van der Waals surface area contributed by atoms with Gasteiger partial charge in [0.1, 0.15) is 5.75 Å². The summed E-state index contributed by atoms with van der Waals surface area (Å²) >= 11 is 6.20. The molecule has 0 aliphatic rings. The predicted octanol–water partition coefficient (Wildman–Crippen LogP) is 3.36. The van der Waals surface area contributed by atoms with Gasteiger partial charge >= 0.3 is 0 Å². The zero-order chi connectivity index (χ0) is 14.8. The number of nitrogens with zero attached hydrogens (tertiary/aromatic N) is 2. The van der Waals surface area contributed by atoms with Crippen LogP contribution in [0.15, 0.2) is 54.7 Å². The lowest BCUT2D eigenvalue weighted by atomic mass is 10.1. The van der Waals surface area contributed by atoms with Gasteiger partial charge in [-0.15, -0.1) is 0 Å². The Morgan fingerprint density at radius 2 is 1.90 bits per heavy atom. The predicted molar refractivity (Wildman–Crippen MR) is 83.6 cm³/mol. The molecule has 0 saturated heterocycles. The van der Waals surface area contributed by atoms with Crippen LogP contribution in [-0.4, -0.2) is 14.9 Å². The highest BCUT2D eigenvalue weighted by Crippen LogP contribution is 2.34. The van der Waals surface area contributed by atoms with Crippen LogP contribution in [0.2, 0.25) is 5.02 Å². The summed E-state index contributed by atoms with van der Waals surface area (Å²) in [7, 11) is 0. The fourth-order valence-corrected chi connectivity index (χ4v) is 2.49. The van der Waals surface area contributed by atoms with Gasteiger partial charge in [-0.1, -0.05) is 29.8 Å². The molecule has 0 bridgehead atoms. The van der Waals surface area contributed by atoms with Gasteiger partial charge in [-0.25, -0.2) is 4.68 Å². The van der Waals surface area contributed by atoms with Gasteiger partial charge in [0.2, 0.25) is 0 Å². The van der Waals surface area contributed by atoms with E-state index in [9.17, 15) is 5.11 Å². The molecule has 1 aromatic heterocycles. The van der Waals surface area contributed by atoms with Gasteiger partial charge in [0.15, 0.2) is 0 Å². The van der Waals surface area contributed by atoms with Crippen LogP contribution in [-0.2, 0) is 6.54 Å². The van der Waals surface area contributed by atoms with Crippen LogP contribution in [0, 0.1) is 0 Å². The molecule has 5 heteroatoms. The van der Waals surface area contributed by atoms with Crippen molar-refractivity contribution in [1.29, 1.82) is 0 Å². The Bertz CT molecular complexity index is 768. The number of para-hydroxylation sites is 1. The maximum Gasteiger partial charge on any atom is 0.125 e. The number of aromatic hydroxyl groups is 1. The van der Waals surface area contributed by atoms with E-state index in [4.69, 9.17) is 17.3 Å². The summed E-state index contributed by atoms with van der Waals surface area (Å²) in [6.45, 7) is 0.282. The molecule has 4 nitrogen and oxygen atoms in total. The number of phenolic OH excluding ortho intramolecular Hbond substituents is 1. The second kappa shape index (κ2) is 5.60. The lowest BCUT2D eigenvalue weighted by molar-refractivity contribution is 0.476. The second-order valence-corrected chi connectivity index (χ2v) is 5.04. The van der Waals surface area contributed by atoms with E-state index in [1.54, 1.807) is 23.0 Å². The van der Waals surface area contributed by atoms with Gasteiger partial charge in [-0.05, 0) is 35.9 Å². The van der Waals surface area contributed by atoms with E-state index in [1.807, 2.05) is 36.4 Å². The molecule has 0 radical (unpaired) electrons. The van der Waals surface area contributed by atoms with Crippen LogP contribution < -0.4 is 5.73 Å². The average molecular weight is 300 g/mol. The molecule has 3 aromatic rings. The Balaban J connectivity index is 2.15. The van der Waals surface area contributed by atoms with Crippen molar-refractivity contribution in [1.82, 2.24) is 9.78 Å². The third kappa shape index (κ3) is 2.51. The molecule has 3 rings (SSSR count). The fraction of sp³-hybridized carbons (Fsp3) is 0.0625. The van der Waals surface area contributed by atoms with Crippen molar-refractivity contribution in [2.45, 2.75) is 6.54 Å². The van der Waals surface area contributed by atoms with Gasteiger partial charge < -0.3 is 10.8 Å². The highest BCUT2D eigenvalue weighted by atomic mass is 35.5. The van der Waals surface area contributed by atoms with Crippen LogP contribution in [0.1, 0.15) is 5.56 Å². The van der Waals surface area contributed by atoms with Gasteiger partial charge in [0.25, 0.3) is 0 Å². The zero-order valence-corrected chi connectivity index (χ0v) is 12.0. The molecule has 0 aliphatic heterocycles. The largest absolute Gasteiger partial charge is 0.507 e. The fourth-order valence-electron chi connectivity index (χ4n) is 2.25. The third-order valence-electron chi connectivity index (χ3n) is 3.30. The maximum atomic E-state index is 10.2. The van der Waals surface area contributed by atoms with Gasteiger partial charge in [-0.2, -0.15) is 5.10 Å². The molecular formula is C16H14ClN3O. The second-order valence-electron chi connectivity index (χ2n) is 4.63. The number of hydrogen-bond donors (Lipinski definition) is 2. The maximum absolute atomic E-state index is 10.2. The Morgan fingerprint density at radius 3 is 2.62 bits per heavy atom.